The molecule has 1 atom stereocenters. The molecular weight excluding hydrogens is 413 g/mol. The van der Waals surface area contributed by atoms with Crippen molar-refractivity contribution >= 4 is 35.0 Å². The van der Waals surface area contributed by atoms with Gasteiger partial charge in [0.05, 0.1) is 15.8 Å². The van der Waals surface area contributed by atoms with E-state index in [-0.39, 0.29) is 5.69 Å². The highest BCUT2D eigenvalue weighted by Gasteiger charge is 2.33. The maximum atomic E-state index is 13.0. The van der Waals surface area contributed by atoms with Gasteiger partial charge in [-0.2, -0.15) is 13.2 Å². The Morgan fingerprint density at radius 3 is 2.61 bits per heavy atom. The van der Waals surface area contributed by atoms with Gasteiger partial charge in [0.15, 0.2) is 5.16 Å². The number of nitrogens with one attached hydrogen (secondary N) is 1. The average Bonchev–Trinajstić information content (AvgIpc) is 3.11. The number of carbonyl (C=O) groups is 1. The van der Waals surface area contributed by atoms with Crippen LogP contribution in [0.1, 0.15) is 12.5 Å². The minimum absolute atomic E-state index is 0.0127. The average molecular weight is 427 g/mol. The molecule has 1 aromatic heterocycles. The van der Waals surface area contributed by atoms with E-state index in [0.29, 0.717) is 5.16 Å². The van der Waals surface area contributed by atoms with E-state index < -0.39 is 27.9 Å². The molecule has 0 aliphatic carbocycles. The van der Waals surface area contributed by atoms with Crippen molar-refractivity contribution in [3.8, 4) is 5.69 Å². The molecule has 28 heavy (non-hydrogen) atoms. The Bertz CT molecular complexity index is 978. The van der Waals surface area contributed by atoms with Gasteiger partial charge in [0.1, 0.15) is 6.33 Å². The van der Waals surface area contributed by atoms with E-state index in [4.69, 9.17) is 11.6 Å². The molecule has 3 rings (SSSR count). The first-order chi connectivity index (χ1) is 13.3. The van der Waals surface area contributed by atoms with Gasteiger partial charge >= 0.3 is 6.18 Å². The lowest BCUT2D eigenvalue weighted by Crippen LogP contribution is -2.23. The molecule has 0 saturated carbocycles. The van der Waals surface area contributed by atoms with E-state index in [1.165, 1.54) is 12.4 Å². The highest BCUT2D eigenvalue weighted by Crippen LogP contribution is 2.36. The lowest BCUT2D eigenvalue weighted by molar-refractivity contribution is -0.137. The van der Waals surface area contributed by atoms with Crippen molar-refractivity contribution < 1.29 is 18.0 Å². The highest BCUT2D eigenvalue weighted by molar-refractivity contribution is 8.00. The number of amides is 1. The van der Waals surface area contributed by atoms with Crippen LogP contribution < -0.4 is 5.32 Å². The first-order valence-electron chi connectivity index (χ1n) is 8.05. The fourth-order valence-electron chi connectivity index (χ4n) is 2.35. The molecule has 0 radical (unpaired) electrons. The van der Waals surface area contributed by atoms with E-state index >= 15 is 0 Å². The van der Waals surface area contributed by atoms with Crippen LogP contribution in [0, 0.1) is 0 Å². The monoisotopic (exact) mass is 426 g/mol. The summed E-state index contributed by atoms with van der Waals surface area (Å²) in [5.74, 6) is -0.469. The fourth-order valence-corrected chi connectivity index (χ4v) is 3.41. The van der Waals surface area contributed by atoms with Crippen LogP contribution in [-0.2, 0) is 11.0 Å². The van der Waals surface area contributed by atoms with Crippen LogP contribution in [0.3, 0.4) is 0 Å². The number of halogens is 4. The number of nitrogens with zero attached hydrogens (tertiary/aromatic N) is 3. The molecule has 0 fully saturated rings. The summed E-state index contributed by atoms with van der Waals surface area (Å²) in [6.45, 7) is 1.63. The zero-order valence-corrected chi connectivity index (χ0v) is 16.0. The molecule has 0 aliphatic heterocycles. The number of para-hydroxylation sites is 1. The number of carbonyl (C=O) groups excluding carboxylic acids is 1. The Morgan fingerprint density at radius 1 is 1.21 bits per heavy atom. The number of aromatic nitrogens is 3. The molecule has 0 bridgehead atoms. The molecule has 0 unspecified atom stereocenters. The van der Waals surface area contributed by atoms with Gasteiger partial charge in [0, 0.05) is 11.4 Å². The van der Waals surface area contributed by atoms with E-state index in [2.05, 4.69) is 15.5 Å². The second-order valence-corrected chi connectivity index (χ2v) is 7.48. The number of anilines is 1. The fraction of sp³-hybridized carbons (Fsp3) is 0.167. The number of alkyl halides is 3. The van der Waals surface area contributed by atoms with Gasteiger partial charge in [-0.15, -0.1) is 10.2 Å². The number of thioether (sulfide) groups is 1. The predicted octanol–water partition coefficient (Wildman–Crippen LogP) is 5.06. The summed E-state index contributed by atoms with van der Waals surface area (Å²) < 4.78 is 40.6. The first kappa shape index (κ1) is 20.2. The van der Waals surface area contributed by atoms with Crippen molar-refractivity contribution in [2.45, 2.75) is 23.5 Å². The van der Waals surface area contributed by atoms with Gasteiger partial charge in [-0.25, -0.2) is 0 Å². The van der Waals surface area contributed by atoms with Crippen LogP contribution in [0.4, 0.5) is 18.9 Å². The third-order valence-corrected chi connectivity index (χ3v) is 5.13. The Kier molecular flexibility index (Phi) is 5.95. The van der Waals surface area contributed by atoms with E-state index in [1.807, 2.05) is 30.3 Å². The number of benzene rings is 2. The molecule has 5 nitrogen and oxygen atoms in total. The number of hydrogen-bond donors (Lipinski definition) is 1. The number of hydrogen-bond acceptors (Lipinski definition) is 4. The molecule has 10 heteroatoms. The van der Waals surface area contributed by atoms with Crippen LogP contribution >= 0.6 is 23.4 Å². The van der Waals surface area contributed by atoms with E-state index in [1.54, 1.807) is 11.5 Å². The maximum absolute atomic E-state index is 13.0. The summed E-state index contributed by atoms with van der Waals surface area (Å²) in [7, 11) is 0. The SMILES string of the molecule is C[C@@H](Sc1nncn1-c1ccccc1)C(=O)Nc1ccc(Cl)c(C(F)(F)F)c1. The second kappa shape index (κ2) is 8.24. The van der Waals surface area contributed by atoms with Crippen LogP contribution in [0.15, 0.2) is 60.0 Å². The third kappa shape index (κ3) is 4.66. The van der Waals surface area contributed by atoms with E-state index in [9.17, 15) is 18.0 Å². The quantitative estimate of drug-likeness (QED) is 0.579. The molecule has 0 saturated heterocycles. The van der Waals surface area contributed by atoms with Crippen molar-refractivity contribution in [1.82, 2.24) is 14.8 Å². The van der Waals surface area contributed by atoms with Gasteiger partial charge in [-0.1, -0.05) is 41.6 Å². The van der Waals surface area contributed by atoms with Crippen molar-refractivity contribution in [2.24, 2.45) is 0 Å². The minimum atomic E-state index is -4.61. The molecule has 1 heterocycles. The van der Waals surface area contributed by atoms with Crippen LogP contribution in [-0.4, -0.2) is 25.9 Å². The molecule has 0 aliphatic rings. The summed E-state index contributed by atoms with van der Waals surface area (Å²) in [4.78, 5) is 12.4. The number of rotatable bonds is 5. The molecule has 2 aromatic carbocycles. The zero-order chi connectivity index (χ0) is 20.3. The standard InChI is InChI=1S/C18H14ClF3N4OS/c1-11(28-17-25-23-10-26(17)13-5-3-2-4-6-13)16(27)24-12-7-8-15(19)14(9-12)18(20,21)22/h2-11H,1H3,(H,24,27)/t11-/m1/s1. The van der Waals surface area contributed by atoms with Crippen LogP contribution in [0.2, 0.25) is 5.02 Å². The largest absolute Gasteiger partial charge is 0.417 e. The predicted molar refractivity (Wildman–Crippen MR) is 102 cm³/mol. The Hall–Kier alpha value is -2.52. The lowest BCUT2D eigenvalue weighted by Gasteiger charge is -2.14. The summed E-state index contributed by atoms with van der Waals surface area (Å²) in [6, 6.07) is 12.6. The van der Waals surface area contributed by atoms with Gasteiger partial charge < -0.3 is 5.32 Å². The van der Waals surface area contributed by atoms with Crippen molar-refractivity contribution in [3.05, 3.63) is 65.4 Å². The zero-order valence-electron chi connectivity index (χ0n) is 14.4. The van der Waals surface area contributed by atoms with Crippen LogP contribution in [0.25, 0.3) is 5.69 Å². The third-order valence-electron chi connectivity index (χ3n) is 3.74. The summed E-state index contributed by atoms with van der Waals surface area (Å²) >= 11 is 6.74. The van der Waals surface area contributed by atoms with Crippen LogP contribution in [0.5, 0.6) is 0 Å². The minimum Gasteiger partial charge on any atom is -0.325 e. The lowest BCUT2D eigenvalue weighted by atomic mass is 10.2. The molecule has 1 N–H and O–H groups in total. The first-order valence-corrected chi connectivity index (χ1v) is 9.31. The van der Waals surface area contributed by atoms with Gasteiger partial charge in [0.2, 0.25) is 5.91 Å². The van der Waals surface area contributed by atoms with Crippen molar-refractivity contribution in [3.63, 3.8) is 0 Å². The van der Waals surface area contributed by atoms with Gasteiger partial charge in [-0.05, 0) is 37.3 Å². The Labute approximate surface area is 167 Å². The summed E-state index contributed by atoms with van der Waals surface area (Å²) in [5.41, 5.74) is -0.162. The topological polar surface area (TPSA) is 59.8 Å². The smallest absolute Gasteiger partial charge is 0.325 e. The summed E-state index contributed by atoms with van der Waals surface area (Å²) in [6.07, 6.45) is -3.08. The normalized spacial score (nSPS) is 12.6. The molecule has 146 valence electrons. The van der Waals surface area contributed by atoms with Crippen molar-refractivity contribution in [2.75, 3.05) is 5.32 Å². The molecule has 3 aromatic rings. The Morgan fingerprint density at radius 2 is 1.93 bits per heavy atom. The molecular formula is C18H14ClF3N4OS. The maximum Gasteiger partial charge on any atom is 0.417 e. The van der Waals surface area contributed by atoms with Gasteiger partial charge in [0.25, 0.3) is 0 Å². The molecule has 1 amide bonds. The summed E-state index contributed by atoms with van der Waals surface area (Å²) in [5, 5.41) is 9.78. The second-order valence-electron chi connectivity index (χ2n) is 5.76. The van der Waals surface area contributed by atoms with Gasteiger partial charge in [-0.3, -0.25) is 9.36 Å². The molecule has 0 spiro atoms. The highest BCUT2D eigenvalue weighted by atomic mass is 35.5. The Balaban J connectivity index is 1.72. The van der Waals surface area contributed by atoms with Crippen molar-refractivity contribution in [1.29, 1.82) is 0 Å². The van der Waals surface area contributed by atoms with E-state index in [0.717, 1.165) is 29.6 Å².